The summed E-state index contributed by atoms with van der Waals surface area (Å²) >= 11 is 6.24. The summed E-state index contributed by atoms with van der Waals surface area (Å²) in [6, 6.07) is 21.1. The maximum atomic E-state index is 13.4. The van der Waals surface area contributed by atoms with Crippen LogP contribution in [0.25, 0.3) is 0 Å². The Morgan fingerprint density at radius 2 is 1.58 bits per heavy atom. The van der Waals surface area contributed by atoms with Gasteiger partial charge in [-0.15, -0.1) is 0 Å². The minimum atomic E-state index is -4.11. The Kier molecular flexibility index (Phi) is 8.00. The Balaban J connectivity index is 1.54. The minimum absolute atomic E-state index is 0.0140. The molecule has 9 nitrogen and oxygen atoms in total. The lowest BCUT2D eigenvalue weighted by Gasteiger charge is -2.24. The molecule has 0 atom stereocenters. The molecule has 0 fully saturated rings. The summed E-state index contributed by atoms with van der Waals surface area (Å²) < 4.78 is 55.5. The third-order valence-corrected chi connectivity index (χ3v) is 9.02. The maximum absolute atomic E-state index is 13.4. The number of sulfonamides is 2. The van der Waals surface area contributed by atoms with Gasteiger partial charge in [-0.2, -0.15) is 0 Å². The van der Waals surface area contributed by atoms with E-state index in [0.29, 0.717) is 10.7 Å². The first-order valence-corrected chi connectivity index (χ1v) is 14.5. The predicted molar refractivity (Wildman–Crippen MR) is 147 cm³/mol. The topological polar surface area (TPSA) is 126 Å². The second kappa shape index (κ2) is 11.2. The molecule has 3 aromatic carbocycles. The van der Waals surface area contributed by atoms with Gasteiger partial charge in [-0.25, -0.2) is 16.8 Å². The number of benzene rings is 3. The molecule has 1 heterocycles. The van der Waals surface area contributed by atoms with Crippen LogP contribution in [0.1, 0.15) is 5.56 Å². The fourth-order valence-corrected chi connectivity index (χ4v) is 6.11. The number of halogens is 1. The highest BCUT2D eigenvalue weighted by Gasteiger charge is 2.27. The Morgan fingerprint density at radius 1 is 0.868 bits per heavy atom. The Labute approximate surface area is 226 Å². The van der Waals surface area contributed by atoms with Crippen molar-refractivity contribution in [2.75, 3.05) is 20.9 Å². The summed E-state index contributed by atoms with van der Waals surface area (Å²) in [4.78, 5) is 16.8. The number of rotatable bonds is 9. The normalized spacial score (nSPS) is 11.5. The van der Waals surface area contributed by atoms with E-state index in [-0.39, 0.29) is 21.2 Å². The lowest BCUT2D eigenvalue weighted by atomic mass is 10.2. The second-order valence-corrected chi connectivity index (χ2v) is 12.1. The first-order chi connectivity index (χ1) is 18.1. The van der Waals surface area contributed by atoms with Crippen LogP contribution in [-0.4, -0.2) is 34.3 Å². The van der Waals surface area contributed by atoms with Gasteiger partial charge >= 0.3 is 0 Å². The molecule has 0 unspecified atom stereocenters. The van der Waals surface area contributed by atoms with Gasteiger partial charge in [0, 0.05) is 16.9 Å². The summed E-state index contributed by atoms with van der Waals surface area (Å²) in [6.07, 6.45) is 2.90. The molecule has 1 aromatic heterocycles. The summed E-state index contributed by atoms with van der Waals surface area (Å²) in [5.41, 5.74) is 1.57. The quantitative estimate of drug-likeness (QED) is 0.301. The molecule has 0 spiro atoms. The summed E-state index contributed by atoms with van der Waals surface area (Å²) in [7, 11) is -7.98. The van der Waals surface area contributed by atoms with Crippen LogP contribution < -0.4 is 14.3 Å². The Hall–Kier alpha value is -3.93. The standard InChI is InChI=1S/C26H23ClN4O5S2/c1-19-9-12-22(16-25(19)27)31(38(35,36)24-7-3-2-4-8-24)18-26(32)29-20-10-13-23(14-11-20)37(33,34)30-21-6-5-15-28-17-21/h2-17,30H,18H2,1H3,(H,29,32). The van der Waals surface area contributed by atoms with Crippen LogP contribution in [-0.2, 0) is 24.8 Å². The van der Waals surface area contributed by atoms with Crippen LogP contribution >= 0.6 is 11.6 Å². The van der Waals surface area contributed by atoms with E-state index in [0.717, 1.165) is 9.87 Å². The summed E-state index contributed by atoms with van der Waals surface area (Å²) in [6.45, 7) is 1.24. The molecular weight excluding hydrogens is 548 g/mol. The summed E-state index contributed by atoms with van der Waals surface area (Å²) in [5.74, 6) is -0.634. The van der Waals surface area contributed by atoms with E-state index in [4.69, 9.17) is 11.6 Å². The zero-order valence-electron chi connectivity index (χ0n) is 20.1. The monoisotopic (exact) mass is 570 g/mol. The van der Waals surface area contributed by atoms with Crippen LogP contribution in [0.3, 0.4) is 0 Å². The molecule has 196 valence electrons. The Morgan fingerprint density at radius 3 is 2.21 bits per heavy atom. The molecule has 4 aromatic rings. The van der Waals surface area contributed by atoms with Crippen molar-refractivity contribution in [3.63, 3.8) is 0 Å². The van der Waals surface area contributed by atoms with E-state index < -0.39 is 32.5 Å². The molecule has 0 saturated heterocycles. The molecule has 4 rings (SSSR count). The number of nitrogens with zero attached hydrogens (tertiary/aromatic N) is 2. The lowest BCUT2D eigenvalue weighted by molar-refractivity contribution is -0.114. The highest BCUT2D eigenvalue weighted by Crippen LogP contribution is 2.28. The molecule has 0 bridgehead atoms. The number of pyridine rings is 1. The van der Waals surface area contributed by atoms with E-state index in [1.165, 1.54) is 54.9 Å². The molecule has 12 heteroatoms. The predicted octanol–water partition coefficient (Wildman–Crippen LogP) is 4.68. The molecule has 0 saturated carbocycles. The van der Waals surface area contributed by atoms with E-state index in [2.05, 4.69) is 15.0 Å². The number of amides is 1. The van der Waals surface area contributed by atoms with Crippen LogP contribution in [0.15, 0.2) is 107 Å². The van der Waals surface area contributed by atoms with Gasteiger partial charge in [0.15, 0.2) is 0 Å². The van der Waals surface area contributed by atoms with Crippen LogP contribution in [0.2, 0.25) is 5.02 Å². The van der Waals surface area contributed by atoms with Gasteiger partial charge in [0.1, 0.15) is 6.54 Å². The highest BCUT2D eigenvalue weighted by atomic mass is 35.5. The fraction of sp³-hybridized carbons (Fsp3) is 0.0769. The van der Waals surface area contributed by atoms with Gasteiger partial charge in [0.05, 0.1) is 27.4 Å². The fourth-order valence-electron chi connectivity index (χ4n) is 3.46. The van der Waals surface area contributed by atoms with Crippen molar-refractivity contribution < 1.29 is 21.6 Å². The SMILES string of the molecule is Cc1ccc(N(CC(=O)Nc2ccc(S(=O)(=O)Nc3cccnc3)cc2)S(=O)(=O)c2ccccc2)cc1Cl. The van der Waals surface area contributed by atoms with Crippen molar-refractivity contribution in [1.29, 1.82) is 0 Å². The maximum Gasteiger partial charge on any atom is 0.264 e. The smallest absolute Gasteiger partial charge is 0.264 e. The summed E-state index contributed by atoms with van der Waals surface area (Å²) in [5, 5.41) is 2.97. The van der Waals surface area contributed by atoms with Crippen molar-refractivity contribution in [2.45, 2.75) is 16.7 Å². The van der Waals surface area contributed by atoms with Gasteiger partial charge in [-0.1, -0.05) is 35.9 Å². The average Bonchev–Trinajstić information content (AvgIpc) is 2.90. The molecule has 1 amide bonds. The van der Waals surface area contributed by atoms with Crippen molar-refractivity contribution in [3.05, 3.63) is 108 Å². The largest absolute Gasteiger partial charge is 0.325 e. The first-order valence-electron chi connectivity index (χ1n) is 11.2. The van der Waals surface area contributed by atoms with Crippen molar-refractivity contribution in [1.82, 2.24) is 4.98 Å². The highest BCUT2D eigenvalue weighted by molar-refractivity contribution is 7.93. The van der Waals surface area contributed by atoms with Gasteiger partial charge < -0.3 is 5.32 Å². The number of hydrogen-bond acceptors (Lipinski definition) is 6. The number of aromatic nitrogens is 1. The molecule has 2 N–H and O–H groups in total. The zero-order valence-corrected chi connectivity index (χ0v) is 22.5. The van der Waals surface area contributed by atoms with Crippen molar-refractivity contribution >= 4 is 54.6 Å². The number of aryl methyl sites for hydroxylation is 1. The lowest BCUT2D eigenvalue weighted by Crippen LogP contribution is -2.38. The van der Waals surface area contributed by atoms with Gasteiger partial charge in [-0.05, 0) is 73.2 Å². The third kappa shape index (κ3) is 6.31. The molecule has 0 aliphatic heterocycles. The van der Waals surface area contributed by atoms with E-state index in [1.54, 1.807) is 49.4 Å². The van der Waals surface area contributed by atoms with E-state index >= 15 is 0 Å². The molecule has 0 aliphatic carbocycles. The molecule has 38 heavy (non-hydrogen) atoms. The number of hydrogen-bond donors (Lipinski definition) is 2. The van der Waals surface area contributed by atoms with Gasteiger partial charge in [0.2, 0.25) is 5.91 Å². The zero-order chi connectivity index (χ0) is 27.3. The third-order valence-electron chi connectivity index (χ3n) is 5.42. The van der Waals surface area contributed by atoms with E-state index in [9.17, 15) is 21.6 Å². The van der Waals surface area contributed by atoms with Crippen LogP contribution in [0, 0.1) is 6.92 Å². The van der Waals surface area contributed by atoms with Crippen molar-refractivity contribution in [2.24, 2.45) is 0 Å². The van der Waals surface area contributed by atoms with Crippen molar-refractivity contribution in [3.8, 4) is 0 Å². The molecule has 0 aliphatic rings. The second-order valence-electron chi connectivity index (χ2n) is 8.18. The molecule has 0 radical (unpaired) electrons. The van der Waals surface area contributed by atoms with Crippen LogP contribution in [0.5, 0.6) is 0 Å². The minimum Gasteiger partial charge on any atom is -0.325 e. The van der Waals surface area contributed by atoms with Gasteiger partial charge in [0.25, 0.3) is 20.0 Å². The first kappa shape index (κ1) is 27.1. The average molecular weight is 571 g/mol. The Bertz CT molecular complexity index is 1650. The van der Waals surface area contributed by atoms with E-state index in [1.807, 2.05) is 0 Å². The molecular formula is C26H23ClN4O5S2. The van der Waals surface area contributed by atoms with Gasteiger partial charge in [-0.3, -0.25) is 18.8 Å². The number of nitrogens with one attached hydrogen (secondary N) is 2. The van der Waals surface area contributed by atoms with Crippen LogP contribution in [0.4, 0.5) is 17.1 Å². The number of carbonyl (C=O) groups excluding carboxylic acids is 1. The number of anilines is 3. The number of carbonyl (C=O) groups is 1.